The number of para-hydroxylation sites is 1. The van der Waals surface area contributed by atoms with Crippen LogP contribution in [0.15, 0.2) is 41.2 Å². The molecule has 0 aliphatic heterocycles. The third kappa shape index (κ3) is 3.36. The zero-order valence-electron chi connectivity index (χ0n) is 11.3. The smallest absolute Gasteiger partial charge is 0.267 e. The first kappa shape index (κ1) is 14.1. The van der Waals surface area contributed by atoms with E-state index in [1.54, 1.807) is 0 Å². The van der Waals surface area contributed by atoms with Gasteiger partial charge in [0.15, 0.2) is 0 Å². The van der Waals surface area contributed by atoms with Gasteiger partial charge < -0.3 is 15.2 Å². The molecule has 6 heteroatoms. The Balaban J connectivity index is 2.01. The van der Waals surface area contributed by atoms with Crippen LogP contribution in [-0.4, -0.2) is 23.5 Å². The summed E-state index contributed by atoms with van der Waals surface area (Å²) in [6.07, 6.45) is 0. The molecule has 0 saturated carbocycles. The number of hydrogen-bond donors (Lipinski definition) is 1. The van der Waals surface area contributed by atoms with Gasteiger partial charge in [0, 0.05) is 24.2 Å². The second kappa shape index (κ2) is 6.72. The summed E-state index contributed by atoms with van der Waals surface area (Å²) < 4.78 is 11.9. The SMILES string of the molecule is COc1ccc(=O)n(CCOc2ccccc2CN)n1. The van der Waals surface area contributed by atoms with E-state index in [0.29, 0.717) is 25.6 Å². The molecule has 0 aliphatic rings. The summed E-state index contributed by atoms with van der Waals surface area (Å²) in [6, 6.07) is 10.5. The molecule has 0 atom stereocenters. The lowest BCUT2D eigenvalue weighted by atomic mass is 10.2. The topological polar surface area (TPSA) is 79.4 Å². The van der Waals surface area contributed by atoms with Crippen molar-refractivity contribution in [3.63, 3.8) is 0 Å². The summed E-state index contributed by atoms with van der Waals surface area (Å²) >= 11 is 0. The van der Waals surface area contributed by atoms with Crippen LogP contribution < -0.4 is 20.8 Å². The highest BCUT2D eigenvalue weighted by atomic mass is 16.5. The van der Waals surface area contributed by atoms with E-state index in [2.05, 4.69) is 5.10 Å². The predicted molar refractivity (Wildman–Crippen MR) is 74.9 cm³/mol. The van der Waals surface area contributed by atoms with Crippen molar-refractivity contribution in [2.24, 2.45) is 5.73 Å². The van der Waals surface area contributed by atoms with Crippen molar-refractivity contribution in [3.8, 4) is 11.6 Å². The number of aromatic nitrogens is 2. The predicted octanol–water partition coefficient (Wildman–Crippen LogP) is 0.790. The molecule has 106 valence electrons. The molecule has 0 aliphatic carbocycles. The lowest BCUT2D eigenvalue weighted by molar-refractivity contribution is 0.280. The number of ether oxygens (including phenoxy) is 2. The third-order valence-electron chi connectivity index (χ3n) is 2.80. The van der Waals surface area contributed by atoms with Crippen molar-refractivity contribution in [1.82, 2.24) is 9.78 Å². The zero-order chi connectivity index (χ0) is 14.4. The molecule has 0 radical (unpaired) electrons. The maximum absolute atomic E-state index is 11.6. The Hall–Kier alpha value is -2.34. The zero-order valence-corrected chi connectivity index (χ0v) is 11.3. The minimum absolute atomic E-state index is 0.193. The second-order valence-corrected chi connectivity index (χ2v) is 4.10. The van der Waals surface area contributed by atoms with E-state index in [-0.39, 0.29) is 5.56 Å². The van der Waals surface area contributed by atoms with Crippen molar-refractivity contribution in [2.45, 2.75) is 13.1 Å². The first-order valence-corrected chi connectivity index (χ1v) is 6.27. The van der Waals surface area contributed by atoms with Crippen LogP contribution in [0.5, 0.6) is 11.6 Å². The quantitative estimate of drug-likeness (QED) is 0.843. The van der Waals surface area contributed by atoms with Crippen LogP contribution >= 0.6 is 0 Å². The molecule has 6 nitrogen and oxygen atoms in total. The van der Waals surface area contributed by atoms with E-state index < -0.39 is 0 Å². The molecule has 2 N–H and O–H groups in total. The van der Waals surface area contributed by atoms with Crippen molar-refractivity contribution < 1.29 is 9.47 Å². The summed E-state index contributed by atoms with van der Waals surface area (Å²) in [7, 11) is 1.51. The standard InChI is InChI=1S/C14H17N3O3/c1-19-13-6-7-14(18)17(16-13)8-9-20-12-5-3-2-4-11(12)10-15/h2-7H,8-10,15H2,1H3. The van der Waals surface area contributed by atoms with E-state index in [1.165, 1.54) is 23.9 Å². The van der Waals surface area contributed by atoms with Gasteiger partial charge in [0.1, 0.15) is 12.4 Å². The van der Waals surface area contributed by atoms with Crippen LogP contribution in [0.2, 0.25) is 0 Å². The number of hydrogen-bond acceptors (Lipinski definition) is 5. The van der Waals surface area contributed by atoms with Crippen LogP contribution in [0.4, 0.5) is 0 Å². The van der Waals surface area contributed by atoms with Gasteiger partial charge in [-0.3, -0.25) is 4.79 Å². The summed E-state index contributed by atoms with van der Waals surface area (Å²) in [6.45, 7) is 1.08. The maximum atomic E-state index is 11.6. The average molecular weight is 275 g/mol. The summed E-state index contributed by atoms with van der Waals surface area (Å²) in [5, 5.41) is 4.04. The Kier molecular flexibility index (Phi) is 4.73. The molecule has 2 aromatic rings. The average Bonchev–Trinajstić information content (AvgIpc) is 2.49. The minimum Gasteiger partial charge on any atom is -0.491 e. The van der Waals surface area contributed by atoms with E-state index in [1.807, 2.05) is 24.3 Å². The Morgan fingerprint density at radius 3 is 2.80 bits per heavy atom. The fourth-order valence-corrected chi connectivity index (χ4v) is 1.75. The van der Waals surface area contributed by atoms with E-state index in [0.717, 1.165) is 11.3 Å². The normalized spacial score (nSPS) is 10.3. The van der Waals surface area contributed by atoms with Gasteiger partial charge in [-0.05, 0) is 6.07 Å². The van der Waals surface area contributed by atoms with Crippen LogP contribution in [0.3, 0.4) is 0 Å². The Bertz CT molecular complexity index is 625. The van der Waals surface area contributed by atoms with E-state index >= 15 is 0 Å². The lowest BCUT2D eigenvalue weighted by Gasteiger charge is -2.11. The molecule has 0 amide bonds. The lowest BCUT2D eigenvalue weighted by Crippen LogP contribution is -2.25. The van der Waals surface area contributed by atoms with Crippen molar-refractivity contribution in [1.29, 1.82) is 0 Å². The maximum Gasteiger partial charge on any atom is 0.267 e. The van der Waals surface area contributed by atoms with Gasteiger partial charge in [-0.1, -0.05) is 18.2 Å². The molecule has 1 aromatic heterocycles. The van der Waals surface area contributed by atoms with E-state index in [4.69, 9.17) is 15.2 Å². The van der Waals surface area contributed by atoms with Crippen LogP contribution in [0.1, 0.15) is 5.56 Å². The summed E-state index contributed by atoms with van der Waals surface area (Å²) in [5.74, 6) is 1.12. The molecule has 0 fully saturated rings. The highest BCUT2D eigenvalue weighted by Crippen LogP contribution is 2.16. The first-order chi connectivity index (χ1) is 9.74. The highest BCUT2D eigenvalue weighted by Gasteiger charge is 2.03. The van der Waals surface area contributed by atoms with Gasteiger partial charge in [0.2, 0.25) is 5.88 Å². The molecular weight excluding hydrogens is 258 g/mol. The van der Waals surface area contributed by atoms with Gasteiger partial charge in [0.25, 0.3) is 5.56 Å². The molecule has 2 rings (SSSR count). The molecule has 0 bridgehead atoms. The fraction of sp³-hybridized carbons (Fsp3) is 0.286. The molecule has 0 spiro atoms. The molecular formula is C14H17N3O3. The second-order valence-electron chi connectivity index (χ2n) is 4.10. The van der Waals surface area contributed by atoms with Gasteiger partial charge in [-0.25, -0.2) is 4.68 Å². The largest absolute Gasteiger partial charge is 0.491 e. The van der Waals surface area contributed by atoms with Crippen molar-refractivity contribution in [3.05, 3.63) is 52.3 Å². The summed E-state index contributed by atoms with van der Waals surface area (Å²) in [5.41, 5.74) is 6.37. The Labute approximate surface area is 116 Å². The molecule has 20 heavy (non-hydrogen) atoms. The van der Waals surface area contributed by atoms with Gasteiger partial charge in [-0.2, -0.15) is 0 Å². The minimum atomic E-state index is -0.193. The van der Waals surface area contributed by atoms with Crippen LogP contribution in [0, 0.1) is 0 Å². The third-order valence-corrected chi connectivity index (χ3v) is 2.80. The highest BCUT2D eigenvalue weighted by molar-refractivity contribution is 5.32. The monoisotopic (exact) mass is 275 g/mol. The number of nitrogens with two attached hydrogens (primary N) is 1. The number of benzene rings is 1. The Morgan fingerprint density at radius 1 is 1.25 bits per heavy atom. The Morgan fingerprint density at radius 2 is 2.05 bits per heavy atom. The number of nitrogens with zero attached hydrogens (tertiary/aromatic N) is 2. The van der Waals surface area contributed by atoms with Crippen molar-refractivity contribution >= 4 is 0 Å². The van der Waals surface area contributed by atoms with E-state index in [9.17, 15) is 4.79 Å². The molecule has 0 unspecified atom stereocenters. The van der Waals surface area contributed by atoms with Crippen molar-refractivity contribution in [2.75, 3.05) is 13.7 Å². The van der Waals surface area contributed by atoms with Gasteiger partial charge in [0.05, 0.1) is 13.7 Å². The van der Waals surface area contributed by atoms with Gasteiger partial charge in [-0.15, -0.1) is 5.10 Å². The summed E-state index contributed by atoms with van der Waals surface area (Å²) in [4.78, 5) is 11.6. The van der Waals surface area contributed by atoms with Crippen LogP contribution in [0.25, 0.3) is 0 Å². The molecule has 1 heterocycles. The molecule has 0 saturated heterocycles. The number of rotatable bonds is 6. The first-order valence-electron chi connectivity index (χ1n) is 6.27. The van der Waals surface area contributed by atoms with Gasteiger partial charge >= 0.3 is 0 Å². The fourth-order valence-electron chi connectivity index (χ4n) is 1.75. The number of methoxy groups -OCH3 is 1. The molecule has 1 aromatic carbocycles. The van der Waals surface area contributed by atoms with Crippen LogP contribution in [-0.2, 0) is 13.1 Å².